The quantitative estimate of drug-likeness (QED) is 0.106. The van der Waals surface area contributed by atoms with Gasteiger partial charge in [-0.2, -0.15) is 13.2 Å². The molecular formula is C31H35F3N6O4S. The maximum absolute atomic E-state index is 13.6. The van der Waals surface area contributed by atoms with E-state index >= 15 is 0 Å². The third-order valence-corrected chi connectivity index (χ3v) is 8.18. The van der Waals surface area contributed by atoms with Crippen LogP contribution in [-0.2, 0) is 6.54 Å². The van der Waals surface area contributed by atoms with Gasteiger partial charge in [0.15, 0.2) is 5.82 Å². The summed E-state index contributed by atoms with van der Waals surface area (Å²) in [6.07, 6.45) is -2.12. The highest BCUT2D eigenvalue weighted by atomic mass is 32.2. The Labute approximate surface area is 263 Å². The molecule has 5 rings (SSSR count). The number of aromatic nitrogens is 2. The fourth-order valence-electron chi connectivity index (χ4n) is 5.23. The zero-order chi connectivity index (χ0) is 31.8. The molecule has 45 heavy (non-hydrogen) atoms. The lowest BCUT2D eigenvalue weighted by Crippen LogP contribution is -2.43. The molecule has 0 amide bonds. The molecule has 0 saturated carbocycles. The van der Waals surface area contributed by atoms with E-state index in [2.05, 4.69) is 37.3 Å². The predicted molar refractivity (Wildman–Crippen MR) is 169 cm³/mol. The van der Waals surface area contributed by atoms with E-state index in [-0.39, 0.29) is 24.9 Å². The Morgan fingerprint density at radius 1 is 1.16 bits per heavy atom. The van der Waals surface area contributed by atoms with Crippen LogP contribution in [0.25, 0.3) is 10.9 Å². The van der Waals surface area contributed by atoms with Gasteiger partial charge < -0.3 is 44.3 Å². The average Bonchev–Trinajstić information content (AvgIpc) is 3.67. The number of aliphatic hydroxyl groups is 2. The average molecular weight is 645 g/mol. The third-order valence-electron chi connectivity index (χ3n) is 7.38. The molecule has 2 aromatic heterocycles. The van der Waals surface area contributed by atoms with Crippen molar-refractivity contribution >= 4 is 40.0 Å². The van der Waals surface area contributed by atoms with Gasteiger partial charge in [-0.15, -0.1) is 0 Å². The third kappa shape index (κ3) is 8.79. The molecule has 0 radical (unpaired) electrons. The van der Waals surface area contributed by atoms with Gasteiger partial charge in [0.2, 0.25) is 0 Å². The number of methoxy groups -OCH3 is 1. The molecule has 10 nitrogen and oxygen atoms in total. The molecule has 3 heterocycles. The van der Waals surface area contributed by atoms with Crippen LogP contribution < -0.4 is 20.1 Å². The maximum atomic E-state index is 13.6. The SMILES string of the molecule is COc1cc(SNc2ccon2)ccc1NCC#Cc1cc2c(NC3CCN(CC(O)CO)CC3)cccc2n1CC(F)(F)F. The van der Waals surface area contributed by atoms with Gasteiger partial charge in [0, 0.05) is 47.7 Å². The van der Waals surface area contributed by atoms with E-state index < -0.39 is 18.8 Å². The van der Waals surface area contributed by atoms with Gasteiger partial charge in [-0.3, -0.25) is 0 Å². The summed E-state index contributed by atoms with van der Waals surface area (Å²) in [5, 5.41) is 30.0. The highest BCUT2D eigenvalue weighted by Gasteiger charge is 2.30. The smallest absolute Gasteiger partial charge is 0.406 e. The first-order valence-electron chi connectivity index (χ1n) is 14.4. The number of nitrogens with one attached hydrogen (secondary N) is 3. The van der Waals surface area contributed by atoms with Crippen LogP contribution in [0, 0.1) is 11.8 Å². The summed E-state index contributed by atoms with van der Waals surface area (Å²) >= 11 is 1.34. The van der Waals surface area contributed by atoms with Gasteiger partial charge in [-0.1, -0.05) is 17.1 Å². The highest BCUT2D eigenvalue weighted by molar-refractivity contribution is 8.00. The largest absolute Gasteiger partial charge is 0.495 e. The van der Waals surface area contributed by atoms with E-state index in [4.69, 9.17) is 14.4 Å². The van der Waals surface area contributed by atoms with E-state index in [0.717, 1.165) is 36.5 Å². The Morgan fingerprint density at radius 3 is 2.69 bits per heavy atom. The Bertz CT molecular complexity index is 1610. The summed E-state index contributed by atoms with van der Waals surface area (Å²) in [7, 11) is 1.55. The van der Waals surface area contributed by atoms with Gasteiger partial charge in [0.05, 0.1) is 43.3 Å². The Hall–Kier alpha value is -4.03. The van der Waals surface area contributed by atoms with Crippen molar-refractivity contribution in [3.63, 3.8) is 0 Å². The Kier molecular flexibility index (Phi) is 10.7. The first kappa shape index (κ1) is 32.4. The van der Waals surface area contributed by atoms with Crippen molar-refractivity contribution in [2.75, 3.05) is 55.3 Å². The number of nitrogens with zero attached hydrogens (tertiary/aromatic N) is 3. The standard InChI is InChI=1S/C31H35F3N6O4S/c1-43-29-17-24(45-38-30-11-15-44-37-30)7-8-27(29)35-12-3-4-22-16-25-26(5-2-6-28(25)40(22)20-31(32,33)34)36-21-9-13-39(14-10-21)18-23(42)19-41/h2,5-8,11,15-17,21,23,35-36,41-42H,9-10,12-14,18-20H2,1H3,(H,37,38). The number of ether oxygens (including phenoxy) is 1. The van der Waals surface area contributed by atoms with Crippen LogP contribution in [0.2, 0.25) is 0 Å². The number of alkyl halides is 3. The molecule has 1 fully saturated rings. The van der Waals surface area contributed by atoms with E-state index in [1.54, 1.807) is 31.4 Å². The number of likely N-dealkylation sites (tertiary alicyclic amines) is 1. The van der Waals surface area contributed by atoms with Gasteiger partial charge in [0.1, 0.15) is 18.6 Å². The molecule has 1 saturated heterocycles. The first-order chi connectivity index (χ1) is 21.7. The second kappa shape index (κ2) is 14.8. The van der Waals surface area contributed by atoms with Crippen LogP contribution in [-0.4, -0.2) is 83.1 Å². The van der Waals surface area contributed by atoms with Gasteiger partial charge in [0.25, 0.3) is 0 Å². The topological polar surface area (TPSA) is 120 Å². The van der Waals surface area contributed by atoms with Crippen molar-refractivity contribution in [1.29, 1.82) is 0 Å². The van der Waals surface area contributed by atoms with Gasteiger partial charge >= 0.3 is 6.18 Å². The van der Waals surface area contributed by atoms with E-state index in [1.807, 2.05) is 24.3 Å². The second-order valence-electron chi connectivity index (χ2n) is 10.6. The number of anilines is 3. The van der Waals surface area contributed by atoms with Crippen molar-refractivity contribution in [1.82, 2.24) is 14.6 Å². The number of aliphatic hydroxyl groups excluding tert-OH is 2. The summed E-state index contributed by atoms with van der Waals surface area (Å²) < 4.78 is 55.5. The van der Waals surface area contributed by atoms with Crippen LogP contribution in [0.15, 0.2) is 64.2 Å². The molecule has 0 aliphatic carbocycles. The van der Waals surface area contributed by atoms with Crippen LogP contribution in [0.3, 0.4) is 0 Å². The fraction of sp³-hybridized carbons (Fsp3) is 0.387. The number of hydrogen-bond donors (Lipinski definition) is 5. The minimum Gasteiger partial charge on any atom is -0.495 e. The summed E-state index contributed by atoms with van der Waals surface area (Å²) in [6, 6.07) is 14.4. The van der Waals surface area contributed by atoms with Crippen molar-refractivity contribution in [3.05, 3.63) is 60.5 Å². The minimum atomic E-state index is -4.42. The molecule has 1 atom stereocenters. The summed E-state index contributed by atoms with van der Waals surface area (Å²) in [5.74, 6) is 7.08. The van der Waals surface area contributed by atoms with Gasteiger partial charge in [-0.25, -0.2) is 0 Å². The number of benzene rings is 2. The summed E-state index contributed by atoms with van der Waals surface area (Å²) in [5.41, 5.74) is 2.16. The molecular weight excluding hydrogens is 609 g/mol. The number of fused-ring (bicyclic) bond motifs is 1. The number of piperidine rings is 1. The van der Waals surface area contributed by atoms with Crippen molar-refractivity contribution in [2.45, 2.75) is 42.6 Å². The number of rotatable bonds is 12. The van der Waals surface area contributed by atoms with Crippen LogP contribution in [0.5, 0.6) is 5.75 Å². The number of halogens is 3. The maximum Gasteiger partial charge on any atom is 0.406 e. The highest BCUT2D eigenvalue weighted by Crippen LogP contribution is 2.32. The molecule has 1 aliphatic rings. The number of hydrogen-bond acceptors (Lipinski definition) is 10. The molecule has 4 aromatic rings. The molecule has 1 aliphatic heterocycles. The summed E-state index contributed by atoms with van der Waals surface area (Å²) in [6.45, 7) is 0.655. The van der Waals surface area contributed by atoms with E-state index in [0.29, 0.717) is 34.7 Å². The molecule has 0 spiro atoms. The molecule has 2 aromatic carbocycles. The first-order valence-corrected chi connectivity index (χ1v) is 15.2. The lowest BCUT2D eigenvalue weighted by atomic mass is 10.0. The van der Waals surface area contributed by atoms with Crippen LogP contribution >= 0.6 is 11.9 Å². The lowest BCUT2D eigenvalue weighted by Gasteiger charge is -2.33. The monoisotopic (exact) mass is 644 g/mol. The molecule has 0 bridgehead atoms. The van der Waals surface area contributed by atoms with Gasteiger partial charge in [-0.05, 0) is 67.1 Å². The van der Waals surface area contributed by atoms with Crippen molar-refractivity contribution < 1.29 is 32.6 Å². The fourth-order valence-corrected chi connectivity index (χ4v) is 5.86. The molecule has 14 heteroatoms. The normalized spacial score (nSPS) is 15.0. The van der Waals surface area contributed by atoms with Crippen molar-refractivity contribution in [2.24, 2.45) is 0 Å². The van der Waals surface area contributed by atoms with Crippen molar-refractivity contribution in [3.8, 4) is 17.6 Å². The zero-order valence-corrected chi connectivity index (χ0v) is 25.4. The predicted octanol–water partition coefficient (Wildman–Crippen LogP) is 5.01. The van der Waals surface area contributed by atoms with E-state index in [9.17, 15) is 18.3 Å². The molecule has 1 unspecified atom stereocenters. The Morgan fingerprint density at radius 2 is 1.98 bits per heavy atom. The lowest BCUT2D eigenvalue weighted by molar-refractivity contribution is -0.140. The molecule has 240 valence electrons. The molecule has 5 N–H and O–H groups in total. The summed E-state index contributed by atoms with van der Waals surface area (Å²) in [4.78, 5) is 2.97. The van der Waals surface area contributed by atoms with Crippen LogP contribution in [0.4, 0.5) is 30.4 Å². The minimum absolute atomic E-state index is 0.126. The van der Waals surface area contributed by atoms with Crippen LogP contribution in [0.1, 0.15) is 18.5 Å². The Balaban J connectivity index is 1.28. The van der Waals surface area contributed by atoms with E-state index in [1.165, 1.54) is 22.8 Å². The number of β-amino-alcohol motifs (C(OH)–C–C–N with tert-alkyl or cyclic N) is 1. The zero-order valence-electron chi connectivity index (χ0n) is 24.6. The second-order valence-corrected chi connectivity index (χ2v) is 11.5.